The van der Waals surface area contributed by atoms with Crippen molar-refractivity contribution >= 4 is 23.4 Å². The minimum Gasteiger partial charge on any atom is -0.338 e. The van der Waals surface area contributed by atoms with Gasteiger partial charge in [-0.2, -0.15) is 16.7 Å². The van der Waals surface area contributed by atoms with Crippen LogP contribution in [0.4, 0.5) is 0 Å². The average Bonchev–Trinajstić information content (AvgIpc) is 2.76. The first-order chi connectivity index (χ1) is 8.94. The third kappa shape index (κ3) is 4.53. The summed E-state index contributed by atoms with van der Waals surface area (Å²) in [5, 5.41) is 4.61. The Morgan fingerprint density at radius 3 is 2.89 bits per heavy atom. The Kier molecular flexibility index (Phi) is 4.50. The number of halogens is 1. The number of nitrogens with two attached hydrogens (primary N) is 1. The second-order valence-corrected chi connectivity index (χ2v) is 6.43. The molecule has 0 atom stereocenters. The predicted octanol–water partition coefficient (Wildman–Crippen LogP) is 3.36. The van der Waals surface area contributed by atoms with E-state index < -0.39 is 0 Å². The molecule has 0 saturated carbocycles. The first-order valence-electron chi connectivity index (χ1n) is 5.89. The SMILES string of the molecule is CC(C)(N)CSCc1nc(-c2cccc(Cl)c2)no1. The van der Waals surface area contributed by atoms with Crippen molar-refractivity contribution in [3.63, 3.8) is 0 Å². The Balaban J connectivity index is 1.99. The van der Waals surface area contributed by atoms with Crippen LogP contribution in [-0.4, -0.2) is 21.4 Å². The molecule has 0 aliphatic heterocycles. The maximum atomic E-state index is 5.93. The van der Waals surface area contributed by atoms with E-state index in [0.717, 1.165) is 11.3 Å². The quantitative estimate of drug-likeness (QED) is 0.916. The standard InChI is InChI=1S/C13H16ClN3OS/c1-13(2,15)8-19-7-11-16-12(17-18-11)9-4-3-5-10(14)6-9/h3-6H,7-8,15H2,1-2H3. The molecule has 0 spiro atoms. The summed E-state index contributed by atoms with van der Waals surface area (Å²) < 4.78 is 5.21. The van der Waals surface area contributed by atoms with Gasteiger partial charge in [0.15, 0.2) is 0 Å². The van der Waals surface area contributed by atoms with Crippen molar-refractivity contribution < 1.29 is 4.52 Å². The normalized spacial score (nSPS) is 11.8. The molecule has 1 aromatic carbocycles. The van der Waals surface area contributed by atoms with Gasteiger partial charge in [0, 0.05) is 21.9 Å². The molecular weight excluding hydrogens is 282 g/mol. The molecule has 0 aliphatic rings. The molecule has 0 unspecified atom stereocenters. The summed E-state index contributed by atoms with van der Waals surface area (Å²) in [5.74, 6) is 2.66. The summed E-state index contributed by atoms with van der Waals surface area (Å²) in [6, 6.07) is 7.38. The van der Waals surface area contributed by atoms with Crippen LogP contribution in [0.1, 0.15) is 19.7 Å². The first-order valence-corrected chi connectivity index (χ1v) is 7.42. The number of rotatable bonds is 5. The van der Waals surface area contributed by atoms with Crippen molar-refractivity contribution in [1.29, 1.82) is 0 Å². The largest absolute Gasteiger partial charge is 0.338 e. The van der Waals surface area contributed by atoms with Crippen LogP contribution >= 0.6 is 23.4 Å². The summed E-state index contributed by atoms with van der Waals surface area (Å²) in [7, 11) is 0. The van der Waals surface area contributed by atoms with Crippen molar-refractivity contribution in [2.24, 2.45) is 5.73 Å². The third-order valence-corrected chi connectivity index (χ3v) is 3.88. The number of benzene rings is 1. The number of hydrogen-bond acceptors (Lipinski definition) is 5. The lowest BCUT2D eigenvalue weighted by Crippen LogP contribution is -2.34. The van der Waals surface area contributed by atoms with Gasteiger partial charge >= 0.3 is 0 Å². The molecule has 0 amide bonds. The third-order valence-electron chi connectivity index (χ3n) is 2.25. The molecule has 0 aliphatic carbocycles. The average molecular weight is 298 g/mol. The van der Waals surface area contributed by atoms with E-state index in [1.165, 1.54) is 0 Å². The summed E-state index contributed by atoms with van der Waals surface area (Å²) in [5.41, 5.74) is 6.57. The van der Waals surface area contributed by atoms with Crippen LogP contribution in [0.15, 0.2) is 28.8 Å². The molecule has 102 valence electrons. The van der Waals surface area contributed by atoms with Gasteiger partial charge in [-0.15, -0.1) is 0 Å². The van der Waals surface area contributed by atoms with Crippen LogP contribution in [0, 0.1) is 0 Å². The number of nitrogens with zero attached hydrogens (tertiary/aromatic N) is 2. The van der Waals surface area contributed by atoms with Crippen molar-refractivity contribution in [2.75, 3.05) is 5.75 Å². The molecule has 2 aromatic rings. The molecule has 0 bridgehead atoms. The maximum absolute atomic E-state index is 5.93. The Morgan fingerprint density at radius 2 is 2.21 bits per heavy atom. The second-order valence-electron chi connectivity index (χ2n) is 5.00. The van der Waals surface area contributed by atoms with Crippen LogP contribution < -0.4 is 5.73 Å². The lowest BCUT2D eigenvalue weighted by Gasteiger charge is -2.16. The van der Waals surface area contributed by atoms with Crippen molar-refractivity contribution in [3.05, 3.63) is 35.2 Å². The summed E-state index contributed by atoms with van der Waals surface area (Å²) >= 11 is 7.61. The fourth-order valence-corrected chi connectivity index (χ4v) is 2.57. The monoisotopic (exact) mass is 297 g/mol. The highest BCUT2D eigenvalue weighted by Gasteiger charge is 2.13. The van der Waals surface area contributed by atoms with Crippen molar-refractivity contribution in [3.8, 4) is 11.4 Å². The molecule has 4 nitrogen and oxygen atoms in total. The van der Waals surface area contributed by atoms with E-state index in [0.29, 0.717) is 22.5 Å². The maximum Gasteiger partial charge on any atom is 0.236 e. The van der Waals surface area contributed by atoms with E-state index >= 15 is 0 Å². The van der Waals surface area contributed by atoms with Gasteiger partial charge < -0.3 is 10.3 Å². The molecule has 1 aromatic heterocycles. The minimum atomic E-state index is -0.194. The molecule has 2 rings (SSSR count). The number of aromatic nitrogens is 2. The molecule has 0 saturated heterocycles. The highest BCUT2D eigenvalue weighted by molar-refractivity contribution is 7.98. The zero-order valence-electron chi connectivity index (χ0n) is 10.9. The number of hydrogen-bond donors (Lipinski definition) is 1. The van der Waals surface area contributed by atoms with Crippen LogP contribution in [0.25, 0.3) is 11.4 Å². The van der Waals surface area contributed by atoms with Gasteiger partial charge in [0.05, 0.1) is 5.75 Å². The van der Waals surface area contributed by atoms with Crippen LogP contribution in [-0.2, 0) is 5.75 Å². The van der Waals surface area contributed by atoms with E-state index in [1.807, 2.05) is 38.1 Å². The lowest BCUT2D eigenvalue weighted by molar-refractivity contribution is 0.391. The summed E-state index contributed by atoms with van der Waals surface area (Å²) in [6.07, 6.45) is 0. The Morgan fingerprint density at radius 1 is 1.42 bits per heavy atom. The van der Waals surface area contributed by atoms with E-state index in [-0.39, 0.29) is 5.54 Å². The van der Waals surface area contributed by atoms with Gasteiger partial charge in [-0.05, 0) is 26.0 Å². The van der Waals surface area contributed by atoms with E-state index in [1.54, 1.807) is 11.8 Å². The zero-order chi connectivity index (χ0) is 13.9. The van der Waals surface area contributed by atoms with Gasteiger partial charge in [0.2, 0.25) is 11.7 Å². The Hall–Kier alpha value is -1.04. The van der Waals surface area contributed by atoms with Crippen LogP contribution in [0.3, 0.4) is 0 Å². The first kappa shape index (κ1) is 14.4. The highest BCUT2D eigenvalue weighted by Crippen LogP contribution is 2.21. The van der Waals surface area contributed by atoms with Gasteiger partial charge in [-0.1, -0.05) is 28.9 Å². The Labute approximate surface area is 121 Å². The van der Waals surface area contributed by atoms with Gasteiger partial charge in [0.25, 0.3) is 0 Å². The van der Waals surface area contributed by atoms with Gasteiger partial charge in [-0.25, -0.2) is 0 Å². The van der Waals surface area contributed by atoms with Crippen molar-refractivity contribution in [1.82, 2.24) is 10.1 Å². The molecule has 1 heterocycles. The molecule has 0 fully saturated rings. The molecule has 19 heavy (non-hydrogen) atoms. The minimum absolute atomic E-state index is 0.194. The number of thioether (sulfide) groups is 1. The van der Waals surface area contributed by atoms with E-state index in [4.69, 9.17) is 21.9 Å². The fourth-order valence-electron chi connectivity index (χ4n) is 1.46. The highest BCUT2D eigenvalue weighted by atomic mass is 35.5. The second kappa shape index (κ2) is 5.94. The molecule has 0 radical (unpaired) electrons. The fraction of sp³-hybridized carbons (Fsp3) is 0.385. The van der Waals surface area contributed by atoms with E-state index in [2.05, 4.69) is 10.1 Å². The topological polar surface area (TPSA) is 64.9 Å². The summed E-state index contributed by atoms with van der Waals surface area (Å²) in [4.78, 5) is 4.34. The smallest absolute Gasteiger partial charge is 0.236 e. The zero-order valence-corrected chi connectivity index (χ0v) is 12.5. The Bertz CT molecular complexity index is 551. The van der Waals surface area contributed by atoms with Crippen LogP contribution in [0.5, 0.6) is 0 Å². The van der Waals surface area contributed by atoms with Gasteiger partial charge in [0.1, 0.15) is 0 Å². The van der Waals surface area contributed by atoms with Crippen molar-refractivity contribution in [2.45, 2.75) is 25.1 Å². The molecule has 2 N–H and O–H groups in total. The molecular formula is C13H16ClN3OS. The van der Waals surface area contributed by atoms with E-state index in [9.17, 15) is 0 Å². The lowest BCUT2D eigenvalue weighted by atomic mass is 10.1. The predicted molar refractivity (Wildman–Crippen MR) is 79.2 cm³/mol. The molecule has 6 heteroatoms. The van der Waals surface area contributed by atoms with Crippen LogP contribution in [0.2, 0.25) is 5.02 Å². The summed E-state index contributed by atoms with van der Waals surface area (Å²) in [6.45, 7) is 3.98. The van der Waals surface area contributed by atoms with Gasteiger partial charge in [-0.3, -0.25) is 0 Å².